The number of benzene rings is 2. The minimum absolute atomic E-state index is 0.138. The van der Waals surface area contributed by atoms with Crippen molar-refractivity contribution < 1.29 is 4.79 Å². The van der Waals surface area contributed by atoms with Crippen LogP contribution in [-0.4, -0.2) is 49.0 Å². The van der Waals surface area contributed by atoms with Crippen molar-refractivity contribution in [2.24, 2.45) is 0 Å². The maximum absolute atomic E-state index is 12.2. The highest BCUT2D eigenvalue weighted by atomic mass is 32.1. The molecular weight excluding hydrogens is 368 g/mol. The predicted molar refractivity (Wildman–Crippen MR) is 118 cm³/mol. The number of anilines is 2. The van der Waals surface area contributed by atoms with Gasteiger partial charge in [0.25, 0.3) is 0 Å². The minimum Gasteiger partial charge on any atom is -0.346 e. The van der Waals surface area contributed by atoms with Crippen molar-refractivity contribution in [2.75, 3.05) is 37.4 Å². The fraction of sp³-hybridized carbons (Fsp3) is 0.273. The lowest BCUT2D eigenvalue weighted by atomic mass is 10.2. The van der Waals surface area contributed by atoms with Gasteiger partial charge < -0.3 is 15.1 Å². The molecule has 0 spiro atoms. The topological polar surface area (TPSA) is 48.5 Å². The van der Waals surface area contributed by atoms with Crippen molar-refractivity contribution in [2.45, 2.75) is 12.5 Å². The summed E-state index contributed by atoms with van der Waals surface area (Å²) in [5.41, 5.74) is 2.77. The molecule has 0 unspecified atom stereocenters. The van der Waals surface area contributed by atoms with Gasteiger partial charge in [0.1, 0.15) is 0 Å². The van der Waals surface area contributed by atoms with Gasteiger partial charge in [0.05, 0.1) is 10.2 Å². The van der Waals surface area contributed by atoms with Crippen LogP contribution in [0, 0.1) is 0 Å². The van der Waals surface area contributed by atoms with Gasteiger partial charge in [-0.3, -0.25) is 4.79 Å². The first-order valence-electron chi connectivity index (χ1n) is 9.44. The van der Waals surface area contributed by atoms with Crippen molar-refractivity contribution in [1.82, 2.24) is 9.88 Å². The third-order valence-corrected chi connectivity index (χ3v) is 6.11. The highest BCUT2D eigenvalue weighted by Gasteiger charge is 2.26. The van der Waals surface area contributed by atoms with E-state index in [0.29, 0.717) is 6.04 Å². The number of nitrogens with zero attached hydrogens (tertiary/aromatic N) is 3. The van der Waals surface area contributed by atoms with Crippen molar-refractivity contribution in [3.8, 4) is 0 Å². The molecule has 144 valence electrons. The largest absolute Gasteiger partial charge is 0.346 e. The second kappa shape index (κ2) is 8.12. The Morgan fingerprint density at radius 3 is 2.82 bits per heavy atom. The van der Waals surface area contributed by atoms with Crippen molar-refractivity contribution in [3.05, 3.63) is 60.2 Å². The highest BCUT2D eigenvalue weighted by molar-refractivity contribution is 7.22. The van der Waals surface area contributed by atoms with E-state index in [-0.39, 0.29) is 5.91 Å². The van der Waals surface area contributed by atoms with Crippen molar-refractivity contribution in [3.63, 3.8) is 0 Å². The first kappa shape index (κ1) is 18.7. The summed E-state index contributed by atoms with van der Waals surface area (Å²) in [6, 6.07) is 16.3. The Bertz CT molecular complexity index is 996. The minimum atomic E-state index is -0.138. The molecule has 1 aliphatic heterocycles. The average molecular weight is 393 g/mol. The number of thiazole rings is 1. The van der Waals surface area contributed by atoms with Gasteiger partial charge in [0.2, 0.25) is 5.91 Å². The number of likely N-dealkylation sites (N-methyl/N-ethyl adjacent to an activating group) is 1. The zero-order chi connectivity index (χ0) is 19.5. The molecule has 0 aliphatic carbocycles. The molecule has 3 aromatic rings. The first-order chi connectivity index (χ1) is 13.6. The molecule has 0 bridgehead atoms. The van der Waals surface area contributed by atoms with Crippen LogP contribution in [0.5, 0.6) is 0 Å². The fourth-order valence-corrected chi connectivity index (χ4v) is 4.42. The van der Waals surface area contributed by atoms with E-state index in [9.17, 15) is 4.79 Å². The zero-order valence-electron chi connectivity index (χ0n) is 16.1. The summed E-state index contributed by atoms with van der Waals surface area (Å²) in [5, 5.41) is 4.00. The summed E-state index contributed by atoms with van der Waals surface area (Å²) in [5.74, 6) is -0.138. The van der Waals surface area contributed by atoms with Crippen LogP contribution in [-0.2, 0) is 4.79 Å². The number of hydrogen-bond donors (Lipinski definition) is 1. The number of amides is 1. The molecule has 28 heavy (non-hydrogen) atoms. The molecule has 0 radical (unpaired) electrons. The number of carbonyl (C=O) groups excluding carboxylic acids is 1. The monoisotopic (exact) mass is 392 g/mol. The summed E-state index contributed by atoms with van der Waals surface area (Å²) in [6.45, 7) is 2.05. The number of rotatable bonds is 5. The van der Waals surface area contributed by atoms with Gasteiger partial charge in [0, 0.05) is 30.9 Å². The van der Waals surface area contributed by atoms with Crippen LogP contribution in [0.25, 0.3) is 16.3 Å². The Labute approximate surface area is 169 Å². The van der Waals surface area contributed by atoms with E-state index in [1.807, 2.05) is 54.6 Å². The average Bonchev–Trinajstić information content (AvgIpc) is 3.34. The molecule has 1 amide bonds. The number of fused-ring (bicyclic) bond motifs is 1. The molecule has 2 heterocycles. The molecule has 1 atom stereocenters. The molecule has 5 nitrogen and oxygen atoms in total. The second-order valence-electron chi connectivity index (χ2n) is 7.26. The molecule has 1 fully saturated rings. The number of aromatic nitrogens is 1. The van der Waals surface area contributed by atoms with Gasteiger partial charge >= 0.3 is 0 Å². The first-order valence-corrected chi connectivity index (χ1v) is 10.3. The molecule has 6 heteroatoms. The Hall–Kier alpha value is -2.70. The lowest BCUT2D eigenvalue weighted by molar-refractivity contribution is -0.111. The zero-order valence-corrected chi connectivity index (χ0v) is 16.9. The van der Waals surface area contributed by atoms with Gasteiger partial charge in [-0.2, -0.15) is 0 Å². The SMILES string of the molecule is CN(C)[C@@H]1CCN(c2nc3ccc(NC(=O)/C=C/c4ccccc4)cc3s2)C1. The molecule has 0 saturated carbocycles. The van der Waals surface area contributed by atoms with Crippen molar-refractivity contribution in [1.29, 1.82) is 0 Å². The predicted octanol–water partition coefficient (Wildman–Crippen LogP) is 4.09. The molecule has 1 aromatic heterocycles. The maximum atomic E-state index is 12.2. The van der Waals surface area contributed by atoms with Gasteiger partial charge in [-0.25, -0.2) is 4.98 Å². The van der Waals surface area contributed by atoms with E-state index in [1.165, 1.54) is 0 Å². The van der Waals surface area contributed by atoms with E-state index in [4.69, 9.17) is 4.98 Å². The summed E-state index contributed by atoms with van der Waals surface area (Å²) >= 11 is 1.69. The standard InChI is InChI=1S/C22H24N4OS/c1-25(2)18-12-13-26(15-18)22-24-19-10-9-17(14-20(19)28-22)23-21(27)11-8-16-6-4-3-5-7-16/h3-11,14,18H,12-13,15H2,1-2H3,(H,23,27)/b11-8+/t18-/m1/s1. The van der Waals surface area contributed by atoms with Crippen LogP contribution in [0.15, 0.2) is 54.6 Å². The van der Waals surface area contributed by atoms with E-state index in [1.54, 1.807) is 17.4 Å². The van der Waals surface area contributed by atoms with Gasteiger partial charge in [-0.05, 0) is 50.4 Å². The van der Waals surface area contributed by atoms with Gasteiger partial charge in [-0.15, -0.1) is 0 Å². The Morgan fingerprint density at radius 1 is 1.25 bits per heavy atom. The van der Waals surface area contributed by atoms with Gasteiger partial charge in [-0.1, -0.05) is 41.7 Å². The van der Waals surface area contributed by atoms with Crippen LogP contribution >= 0.6 is 11.3 Å². The van der Waals surface area contributed by atoms with E-state index < -0.39 is 0 Å². The maximum Gasteiger partial charge on any atom is 0.248 e. The molecule has 2 aromatic carbocycles. The Morgan fingerprint density at radius 2 is 2.07 bits per heavy atom. The summed E-state index contributed by atoms with van der Waals surface area (Å²) in [6.07, 6.45) is 4.54. The third kappa shape index (κ3) is 4.24. The molecule has 1 N–H and O–H groups in total. The summed E-state index contributed by atoms with van der Waals surface area (Å²) in [7, 11) is 4.27. The van der Waals surface area contributed by atoms with Crippen LogP contribution < -0.4 is 10.2 Å². The van der Waals surface area contributed by atoms with Crippen LogP contribution in [0.4, 0.5) is 10.8 Å². The van der Waals surface area contributed by atoms with E-state index >= 15 is 0 Å². The molecule has 1 saturated heterocycles. The molecule has 4 rings (SSSR count). The molecular formula is C22H24N4OS. The number of nitrogens with one attached hydrogen (secondary N) is 1. The summed E-state index contributed by atoms with van der Waals surface area (Å²) in [4.78, 5) is 21.6. The lowest BCUT2D eigenvalue weighted by Crippen LogP contribution is -2.31. The van der Waals surface area contributed by atoms with E-state index in [0.717, 1.165) is 46.1 Å². The van der Waals surface area contributed by atoms with E-state index in [2.05, 4.69) is 29.2 Å². The highest BCUT2D eigenvalue weighted by Crippen LogP contribution is 2.33. The van der Waals surface area contributed by atoms with Gasteiger partial charge in [0.15, 0.2) is 5.13 Å². The smallest absolute Gasteiger partial charge is 0.248 e. The van der Waals surface area contributed by atoms with Crippen LogP contribution in [0.3, 0.4) is 0 Å². The number of hydrogen-bond acceptors (Lipinski definition) is 5. The van der Waals surface area contributed by atoms with Crippen molar-refractivity contribution >= 4 is 44.4 Å². The Kier molecular flexibility index (Phi) is 5.41. The quantitative estimate of drug-likeness (QED) is 0.665. The Balaban J connectivity index is 1.45. The normalized spacial score (nSPS) is 17.1. The third-order valence-electron chi connectivity index (χ3n) is 5.04. The lowest BCUT2D eigenvalue weighted by Gasteiger charge is -2.19. The second-order valence-corrected chi connectivity index (χ2v) is 8.27. The fourth-order valence-electron chi connectivity index (χ4n) is 3.38. The van der Waals surface area contributed by atoms with Crippen LogP contribution in [0.1, 0.15) is 12.0 Å². The number of carbonyl (C=O) groups is 1. The van der Waals surface area contributed by atoms with Crippen LogP contribution in [0.2, 0.25) is 0 Å². The molecule has 1 aliphatic rings. The summed E-state index contributed by atoms with van der Waals surface area (Å²) < 4.78 is 1.09.